The molecule has 0 aliphatic carbocycles. The van der Waals surface area contributed by atoms with Gasteiger partial charge in [-0.3, -0.25) is 0 Å². The number of aliphatic hydroxyl groups excluding tert-OH is 1. The highest BCUT2D eigenvalue weighted by molar-refractivity contribution is 5.35. The Labute approximate surface area is 103 Å². The number of benzene rings is 1. The van der Waals surface area contributed by atoms with Crippen molar-refractivity contribution in [1.29, 1.82) is 0 Å². The van der Waals surface area contributed by atoms with Crippen LogP contribution >= 0.6 is 0 Å². The number of unbranched alkanes of at least 4 members (excludes halogenated alkanes) is 1. The van der Waals surface area contributed by atoms with Gasteiger partial charge < -0.3 is 15.2 Å². The highest BCUT2D eigenvalue weighted by Gasteiger charge is 2.23. The number of fused-ring (bicyclic) bond motifs is 1. The van der Waals surface area contributed by atoms with Crippen LogP contribution in [0.4, 0.5) is 0 Å². The molecule has 0 aromatic heterocycles. The summed E-state index contributed by atoms with van der Waals surface area (Å²) in [6.45, 7) is 3.81. The summed E-state index contributed by atoms with van der Waals surface area (Å²) >= 11 is 0. The van der Waals surface area contributed by atoms with E-state index >= 15 is 0 Å². The average molecular weight is 235 g/mol. The second-order valence-electron chi connectivity index (χ2n) is 4.60. The minimum atomic E-state index is -0.423. The van der Waals surface area contributed by atoms with E-state index in [9.17, 15) is 5.11 Å². The van der Waals surface area contributed by atoms with Crippen LogP contribution in [0.15, 0.2) is 24.3 Å². The first-order valence-electron chi connectivity index (χ1n) is 6.44. The lowest BCUT2D eigenvalue weighted by Crippen LogP contribution is -2.35. The van der Waals surface area contributed by atoms with Crippen LogP contribution in [-0.2, 0) is 0 Å². The fraction of sp³-hybridized carbons (Fsp3) is 0.571. The third kappa shape index (κ3) is 3.20. The van der Waals surface area contributed by atoms with Gasteiger partial charge in [0.2, 0.25) is 0 Å². The highest BCUT2D eigenvalue weighted by Crippen LogP contribution is 2.30. The smallest absolute Gasteiger partial charge is 0.125 e. The lowest BCUT2D eigenvalue weighted by Gasteiger charge is -2.17. The molecular weight excluding hydrogens is 214 g/mol. The number of hydrogen-bond donors (Lipinski definition) is 2. The topological polar surface area (TPSA) is 41.5 Å². The fourth-order valence-corrected chi connectivity index (χ4v) is 2.17. The van der Waals surface area contributed by atoms with Crippen LogP contribution < -0.4 is 10.1 Å². The number of nitrogens with one attached hydrogen (secondary N) is 1. The molecule has 3 heteroatoms. The van der Waals surface area contributed by atoms with Gasteiger partial charge in [-0.25, -0.2) is 0 Å². The summed E-state index contributed by atoms with van der Waals surface area (Å²) in [4.78, 5) is 0. The molecule has 0 unspecified atom stereocenters. The molecule has 0 saturated heterocycles. The van der Waals surface area contributed by atoms with Gasteiger partial charge in [0.05, 0.1) is 6.10 Å². The molecule has 1 aliphatic rings. The second kappa shape index (κ2) is 6.03. The van der Waals surface area contributed by atoms with Crippen molar-refractivity contribution in [3.05, 3.63) is 29.8 Å². The van der Waals surface area contributed by atoms with E-state index in [1.54, 1.807) is 0 Å². The van der Waals surface area contributed by atoms with Gasteiger partial charge in [0, 0.05) is 11.6 Å². The number of rotatable bonds is 4. The van der Waals surface area contributed by atoms with Crippen LogP contribution in [0, 0.1) is 0 Å². The van der Waals surface area contributed by atoms with Crippen molar-refractivity contribution in [3.8, 4) is 5.75 Å². The Balaban J connectivity index is 1.97. The van der Waals surface area contributed by atoms with Gasteiger partial charge in [0.15, 0.2) is 0 Å². The van der Waals surface area contributed by atoms with Gasteiger partial charge in [-0.2, -0.15) is 0 Å². The lowest BCUT2D eigenvalue weighted by atomic mass is 10.0. The molecule has 17 heavy (non-hydrogen) atoms. The maximum absolute atomic E-state index is 10.1. The first kappa shape index (κ1) is 12.4. The summed E-state index contributed by atoms with van der Waals surface area (Å²) in [7, 11) is 0. The van der Waals surface area contributed by atoms with E-state index in [2.05, 4.69) is 12.2 Å². The molecule has 1 aromatic carbocycles. The molecule has 2 rings (SSSR count). The molecule has 0 saturated carbocycles. The standard InChI is InChI=1S/C14H21NO2/c1-2-3-8-15-11-9-13(16)12-6-4-5-7-14(12)17-10-11/h4-7,11,13,15-16H,2-3,8-10H2,1H3/t11-,13+/m1/s1. The summed E-state index contributed by atoms with van der Waals surface area (Å²) < 4.78 is 5.74. The van der Waals surface area contributed by atoms with Crippen molar-refractivity contribution in [2.45, 2.75) is 38.3 Å². The molecule has 0 radical (unpaired) electrons. The molecule has 0 spiro atoms. The summed E-state index contributed by atoms with van der Waals surface area (Å²) in [6, 6.07) is 7.98. The second-order valence-corrected chi connectivity index (χ2v) is 4.60. The summed E-state index contributed by atoms with van der Waals surface area (Å²) in [5.41, 5.74) is 0.910. The Morgan fingerprint density at radius 2 is 2.24 bits per heavy atom. The minimum absolute atomic E-state index is 0.240. The molecule has 0 bridgehead atoms. The highest BCUT2D eigenvalue weighted by atomic mass is 16.5. The SMILES string of the molecule is CCCCN[C@H]1COc2ccccc2[C@@H](O)C1. The fourth-order valence-electron chi connectivity index (χ4n) is 2.17. The third-order valence-corrected chi connectivity index (χ3v) is 3.19. The van der Waals surface area contributed by atoms with Gasteiger partial charge in [0.25, 0.3) is 0 Å². The lowest BCUT2D eigenvalue weighted by molar-refractivity contribution is 0.151. The quantitative estimate of drug-likeness (QED) is 0.787. The van der Waals surface area contributed by atoms with Gasteiger partial charge in [-0.1, -0.05) is 31.5 Å². The number of hydrogen-bond acceptors (Lipinski definition) is 3. The van der Waals surface area contributed by atoms with Crippen LogP contribution in [0.25, 0.3) is 0 Å². The van der Waals surface area contributed by atoms with E-state index in [4.69, 9.17) is 4.74 Å². The molecule has 2 atom stereocenters. The zero-order chi connectivity index (χ0) is 12.1. The van der Waals surface area contributed by atoms with Gasteiger partial charge in [0.1, 0.15) is 12.4 Å². The minimum Gasteiger partial charge on any atom is -0.492 e. The molecule has 1 aliphatic heterocycles. The van der Waals surface area contributed by atoms with Gasteiger partial charge >= 0.3 is 0 Å². The average Bonchev–Trinajstić information content (AvgIpc) is 2.50. The summed E-state index contributed by atoms with van der Waals surface area (Å²) in [5, 5.41) is 13.6. The maximum Gasteiger partial charge on any atom is 0.125 e. The Hall–Kier alpha value is -1.06. The molecule has 2 N–H and O–H groups in total. The zero-order valence-corrected chi connectivity index (χ0v) is 10.4. The summed E-state index contributed by atoms with van der Waals surface area (Å²) in [5.74, 6) is 0.819. The van der Waals surface area contributed by atoms with E-state index in [0.717, 1.165) is 24.3 Å². The first-order chi connectivity index (χ1) is 8.31. The maximum atomic E-state index is 10.1. The van der Waals surface area contributed by atoms with E-state index in [1.807, 2.05) is 24.3 Å². The molecule has 0 amide bonds. The van der Waals surface area contributed by atoms with Crippen molar-refractivity contribution < 1.29 is 9.84 Å². The summed E-state index contributed by atoms with van der Waals surface area (Å²) in [6.07, 6.45) is 2.65. The van der Waals surface area contributed by atoms with Crippen molar-refractivity contribution in [2.24, 2.45) is 0 Å². The normalized spacial score (nSPS) is 23.6. The van der Waals surface area contributed by atoms with Crippen LogP contribution in [0.1, 0.15) is 37.9 Å². The first-order valence-corrected chi connectivity index (χ1v) is 6.44. The molecular formula is C14H21NO2. The largest absolute Gasteiger partial charge is 0.492 e. The number of aliphatic hydroxyl groups is 1. The van der Waals surface area contributed by atoms with E-state index in [0.29, 0.717) is 6.61 Å². The Kier molecular flexibility index (Phi) is 4.40. The van der Waals surface area contributed by atoms with Gasteiger partial charge in [-0.05, 0) is 25.5 Å². The van der Waals surface area contributed by atoms with E-state index < -0.39 is 6.10 Å². The van der Waals surface area contributed by atoms with Gasteiger partial charge in [-0.15, -0.1) is 0 Å². The Bertz CT molecular complexity index is 354. The zero-order valence-electron chi connectivity index (χ0n) is 10.4. The van der Waals surface area contributed by atoms with E-state index in [1.165, 1.54) is 12.8 Å². The van der Waals surface area contributed by atoms with Crippen molar-refractivity contribution in [1.82, 2.24) is 5.32 Å². The third-order valence-electron chi connectivity index (χ3n) is 3.19. The van der Waals surface area contributed by atoms with Crippen LogP contribution in [-0.4, -0.2) is 24.3 Å². The predicted molar refractivity (Wildman–Crippen MR) is 68.2 cm³/mol. The van der Waals surface area contributed by atoms with Crippen molar-refractivity contribution in [3.63, 3.8) is 0 Å². The Morgan fingerprint density at radius 1 is 1.41 bits per heavy atom. The molecule has 1 aromatic rings. The molecule has 1 heterocycles. The number of para-hydroxylation sites is 1. The molecule has 0 fully saturated rings. The van der Waals surface area contributed by atoms with Crippen LogP contribution in [0.3, 0.4) is 0 Å². The molecule has 3 nitrogen and oxygen atoms in total. The number of ether oxygens (including phenoxy) is 1. The van der Waals surface area contributed by atoms with Crippen molar-refractivity contribution in [2.75, 3.05) is 13.2 Å². The monoisotopic (exact) mass is 235 g/mol. The molecule has 94 valence electrons. The van der Waals surface area contributed by atoms with Crippen molar-refractivity contribution >= 4 is 0 Å². The Morgan fingerprint density at radius 3 is 3.06 bits per heavy atom. The van der Waals surface area contributed by atoms with Crippen LogP contribution in [0.5, 0.6) is 5.75 Å². The van der Waals surface area contributed by atoms with E-state index in [-0.39, 0.29) is 6.04 Å². The van der Waals surface area contributed by atoms with Crippen LogP contribution in [0.2, 0.25) is 0 Å². The predicted octanol–water partition coefficient (Wildman–Crippen LogP) is 2.26.